The van der Waals surface area contributed by atoms with Crippen LogP contribution >= 0.6 is 0 Å². The largest absolute Gasteiger partial charge is 0.291 e. The van der Waals surface area contributed by atoms with Crippen LogP contribution in [-0.2, 0) is 0 Å². The van der Waals surface area contributed by atoms with Crippen molar-refractivity contribution in [3.05, 3.63) is 65.2 Å². The lowest BCUT2D eigenvalue weighted by atomic mass is 10.1. The molecule has 3 nitrogen and oxygen atoms in total. The molecule has 3 heteroatoms. The van der Waals surface area contributed by atoms with Gasteiger partial charge in [0.1, 0.15) is 0 Å². The number of hydrogen-bond acceptors (Lipinski definition) is 3. The van der Waals surface area contributed by atoms with Crippen molar-refractivity contribution >= 4 is 5.69 Å². The number of nitrogens with one attached hydrogen (secondary N) is 1. The van der Waals surface area contributed by atoms with Crippen molar-refractivity contribution in [1.82, 2.24) is 0 Å². The summed E-state index contributed by atoms with van der Waals surface area (Å²) in [6.45, 7) is 0. The second-order valence-electron chi connectivity index (χ2n) is 3.63. The zero-order valence-corrected chi connectivity index (χ0v) is 9.51. The van der Waals surface area contributed by atoms with Crippen LogP contribution in [-0.4, -0.2) is 5.21 Å². The molecule has 0 heterocycles. The molecule has 18 heavy (non-hydrogen) atoms. The van der Waals surface area contributed by atoms with Crippen LogP contribution in [0, 0.1) is 23.2 Å². The highest BCUT2D eigenvalue weighted by Gasteiger charge is 1.91. The van der Waals surface area contributed by atoms with E-state index in [1.165, 1.54) is 0 Å². The molecule has 0 aliphatic heterocycles. The quantitative estimate of drug-likeness (QED) is 0.589. The molecule has 0 bridgehead atoms. The van der Waals surface area contributed by atoms with Crippen LogP contribution in [0.4, 0.5) is 5.69 Å². The Morgan fingerprint density at radius 3 is 1.67 bits per heavy atom. The molecular weight excluding hydrogens is 224 g/mol. The van der Waals surface area contributed by atoms with E-state index in [-0.39, 0.29) is 0 Å². The van der Waals surface area contributed by atoms with E-state index in [4.69, 9.17) is 10.5 Å². The van der Waals surface area contributed by atoms with Crippen LogP contribution in [0.3, 0.4) is 0 Å². The fourth-order valence-corrected chi connectivity index (χ4v) is 1.40. The molecule has 2 rings (SSSR count). The van der Waals surface area contributed by atoms with E-state index >= 15 is 0 Å². The van der Waals surface area contributed by atoms with Crippen LogP contribution in [0.15, 0.2) is 48.5 Å². The molecule has 2 aromatic carbocycles. The predicted molar refractivity (Wildman–Crippen MR) is 69.0 cm³/mol. The Labute approximate surface area is 105 Å². The summed E-state index contributed by atoms with van der Waals surface area (Å²) in [6, 6.07) is 16.3. The van der Waals surface area contributed by atoms with Gasteiger partial charge in [-0.15, -0.1) is 0 Å². The molecule has 0 aliphatic carbocycles. The van der Waals surface area contributed by atoms with Gasteiger partial charge >= 0.3 is 0 Å². The molecule has 2 aromatic rings. The predicted octanol–water partition coefficient (Wildman–Crippen LogP) is 2.76. The first-order valence-electron chi connectivity index (χ1n) is 5.34. The molecule has 0 aromatic heterocycles. The van der Waals surface area contributed by atoms with Crippen molar-refractivity contribution in [2.45, 2.75) is 0 Å². The Kier molecular flexibility index (Phi) is 3.61. The van der Waals surface area contributed by atoms with Gasteiger partial charge in [0.2, 0.25) is 0 Å². The number of hydrogen-bond donors (Lipinski definition) is 2. The average Bonchev–Trinajstić information content (AvgIpc) is 2.46. The van der Waals surface area contributed by atoms with Gasteiger partial charge in [-0.1, -0.05) is 11.8 Å². The van der Waals surface area contributed by atoms with Crippen LogP contribution in [0.25, 0.3) is 0 Å². The van der Waals surface area contributed by atoms with Crippen molar-refractivity contribution in [2.75, 3.05) is 5.48 Å². The first-order chi connectivity index (χ1) is 8.81. The van der Waals surface area contributed by atoms with E-state index in [0.717, 1.165) is 11.1 Å². The topological polar surface area (TPSA) is 56.0 Å². The molecule has 0 amide bonds. The van der Waals surface area contributed by atoms with E-state index < -0.39 is 0 Å². The lowest BCUT2D eigenvalue weighted by Gasteiger charge is -1.96. The zero-order chi connectivity index (χ0) is 12.8. The van der Waals surface area contributed by atoms with Crippen LogP contribution in [0.2, 0.25) is 0 Å². The normalized spacial score (nSPS) is 8.89. The van der Waals surface area contributed by atoms with Crippen LogP contribution < -0.4 is 5.48 Å². The summed E-state index contributed by atoms with van der Waals surface area (Å²) in [4.78, 5) is 0. The molecular formula is C15H10N2O. The van der Waals surface area contributed by atoms with Gasteiger partial charge < -0.3 is 0 Å². The lowest BCUT2D eigenvalue weighted by Crippen LogP contribution is -1.87. The Morgan fingerprint density at radius 2 is 1.22 bits per heavy atom. The van der Waals surface area contributed by atoms with Crippen molar-refractivity contribution in [3.8, 4) is 17.9 Å². The third kappa shape index (κ3) is 2.89. The first-order valence-corrected chi connectivity index (χ1v) is 5.34. The summed E-state index contributed by atoms with van der Waals surface area (Å²) in [6.07, 6.45) is 0. The highest BCUT2D eigenvalue weighted by molar-refractivity contribution is 5.49. The molecule has 0 atom stereocenters. The van der Waals surface area contributed by atoms with E-state index in [1.807, 2.05) is 24.3 Å². The SMILES string of the molecule is N#Cc1ccc(C#Cc2ccc(NO)cc2)cc1. The van der Waals surface area contributed by atoms with Gasteiger partial charge in [-0.3, -0.25) is 10.7 Å². The summed E-state index contributed by atoms with van der Waals surface area (Å²) in [5, 5.41) is 17.3. The average molecular weight is 234 g/mol. The van der Waals surface area contributed by atoms with E-state index in [1.54, 1.807) is 24.3 Å². The van der Waals surface area contributed by atoms with Crippen molar-refractivity contribution < 1.29 is 5.21 Å². The van der Waals surface area contributed by atoms with Crippen molar-refractivity contribution in [3.63, 3.8) is 0 Å². The van der Waals surface area contributed by atoms with Crippen LogP contribution in [0.5, 0.6) is 0 Å². The minimum atomic E-state index is 0.624. The molecule has 0 unspecified atom stereocenters. The van der Waals surface area contributed by atoms with Crippen LogP contribution in [0.1, 0.15) is 16.7 Å². The maximum absolute atomic E-state index is 8.67. The highest BCUT2D eigenvalue weighted by atomic mass is 16.5. The molecule has 0 fully saturated rings. The third-order valence-corrected chi connectivity index (χ3v) is 2.38. The van der Waals surface area contributed by atoms with Crippen molar-refractivity contribution in [2.24, 2.45) is 0 Å². The maximum atomic E-state index is 8.67. The number of anilines is 1. The van der Waals surface area contributed by atoms with Gasteiger partial charge in [-0.2, -0.15) is 5.26 Å². The van der Waals surface area contributed by atoms with Gasteiger partial charge in [0, 0.05) is 11.1 Å². The maximum Gasteiger partial charge on any atom is 0.0991 e. The molecule has 0 spiro atoms. The molecule has 0 radical (unpaired) electrons. The summed E-state index contributed by atoms with van der Waals surface area (Å²) in [7, 11) is 0. The third-order valence-electron chi connectivity index (χ3n) is 2.38. The summed E-state index contributed by atoms with van der Waals surface area (Å²) in [5.74, 6) is 6.01. The van der Waals surface area contributed by atoms with Gasteiger partial charge in [0.05, 0.1) is 17.3 Å². The minimum absolute atomic E-state index is 0.624. The standard InChI is InChI=1S/C15H10N2O/c16-11-14-5-3-12(4-6-14)1-2-13-7-9-15(17-18)10-8-13/h3-10,17-18H. The number of benzene rings is 2. The second-order valence-corrected chi connectivity index (χ2v) is 3.63. The van der Waals surface area contributed by atoms with E-state index in [9.17, 15) is 0 Å². The summed E-state index contributed by atoms with van der Waals surface area (Å²) in [5.41, 5.74) is 5.03. The van der Waals surface area contributed by atoms with E-state index in [0.29, 0.717) is 11.3 Å². The first kappa shape index (κ1) is 11.7. The van der Waals surface area contributed by atoms with Gasteiger partial charge in [0.15, 0.2) is 0 Å². The Balaban J connectivity index is 2.17. The fraction of sp³-hybridized carbons (Fsp3) is 0. The number of nitrogens with zero attached hydrogens (tertiary/aromatic N) is 1. The summed E-state index contributed by atoms with van der Waals surface area (Å²) < 4.78 is 0. The molecule has 0 saturated heterocycles. The molecule has 0 aliphatic rings. The van der Waals surface area contributed by atoms with Gasteiger partial charge in [-0.25, -0.2) is 0 Å². The number of nitriles is 1. The Hall–Kier alpha value is -2.75. The summed E-state index contributed by atoms with van der Waals surface area (Å²) >= 11 is 0. The minimum Gasteiger partial charge on any atom is -0.291 e. The molecule has 2 N–H and O–H groups in total. The smallest absolute Gasteiger partial charge is 0.0991 e. The fourth-order valence-electron chi connectivity index (χ4n) is 1.40. The molecule has 0 saturated carbocycles. The van der Waals surface area contributed by atoms with Gasteiger partial charge in [0.25, 0.3) is 0 Å². The lowest BCUT2D eigenvalue weighted by molar-refractivity contribution is 0.389. The van der Waals surface area contributed by atoms with Gasteiger partial charge in [-0.05, 0) is 48.5 Å². The van der Waals surface area contributed by atoms with E-state index in [2.05, 4.69) is 23.4 Å². The zero-order valence-electron chi connectivity index (χ0n) is 9.51. The van der Waals surface area contributed by atoms with Crippen molar-refractivity contribution in [1.29, 1.82) is 5.26 Å². The highest BCUT2D eigenvalue weighted by Crippen LogP contribution is 2.08. The molecule has 86 valence electrons. The Morgan fingerprint density at radius 1 is 0.778 bits per heavy atom. The second kappa shape index (κ2) is 5.54. The monoisotopic (exact) mass is 234 g/mol. The number of rotatable bonds is 1. The Bertz CT molecular complexity index is 625.